The molecule has 0 bridgehead atoms. The lowest BCUT2D eigenvalue weighted by Gasteiger charge is -2.27. The second-order valence-electron chi connectivity index (χ2n) is 7.04. The van der Waals surface area contributed by atoms with Crippen LogP contribution in [0.25, 0.3) is 0 Å². The lowest BCUT2D eigenvalue weighted by molar-refractivity contribution is -0.152. The molecule has 3 amide bonds. The summed E-state index contributed by atoms with van der Waals surface area (Å²) in [6, 6.07) is 9.32. The molecule has 0 atom stereocenters. The molecule has 1 aliphatic heterocycles. The first-order valence-corrected chi connectivity index (χ1v) is 9.12. The highest BCUT2D eigenvalue weighted by molar-refractivity contribution is 5.99. The zero-order valence-electron chi connectivity index (χ0n) is 16.8. The van der Waals surface area contributed by atoms with E-state index in [9.17, 15) is 19.2 Å². The Morgan fingerprint density at radius 2 is 1.82 bits per heavy atom. The minimum atomic E-state index is -0.635. The van der Waals surface area contributed by atoms with Gasteiger partial charge in [0, 0.05) is 20.8 Å². The Morgan fingerprint density at radius 3 is 2.25 bits per heavy atom. The van der Waals surface area contributed by atoms with Crippen LogP contribution < -0.4 is 5.32 Å². The Labute approximate surface area is 166 Å². The van der Waals surface area contributed by atoms with E-state index in [-0.39, 0.29) is 26.4 Å². The Hall–Kier alpha value is -2.90. The van der Waals surface area contributed by atoms with Crippen LogP contribution in [0.4, 0.5) is 4.79 Å². The Morgan fingerprint density at radius 1 is 1.18 bits per heavy atom. The molecule has 0 unspecified atom stereocenters. The van der Waals surface area contributed by atoms with Gasteiger partial charge in [0.15, 0.2) is 0 Å². The van der Waals surface area contributed by atoms with Gasteiger partial charge in [0.2, 0.25) is 11.8 Å². The number of benzene rings is 1. The molecule has 1 aromatic rings. The first kappa shape index (κ1) is 23.1. The summed E-state index contributed by atoms with van der Waals surface area (Å²) in [4.78, 5) is 45.2. The van der Waals surface area contributed by atoms with Gasteiger partial charge in [-0.05, 0) is 26.3 Å². The fourth-order valence-corrected chi connectivity index (χ4v) is 2.02. The van der Waals surface area contributed by atoms with E-state index in [2.05, 4.69) is 5.32 Å². The van der Waals surface area contributed by atoms with E-state index in [4.69, 9.17) is 9.47 Å². The number of rotatable bonds is 5. The van der Waals surface area contributed by atoms with E-state index in [1.54, 1.807) is 27.7 Å². The number of esters is 1. The van der Waals surface area contributed by atoms with Crippen LogP contribution in [0.3, 0.4) is 0 Å². The number of nitrogens with zero attached hydrogens (tertiary/aromatic N) is 1. The van der Waals surface area contributed by atoms with Crippen LogP contribution in [0.5, 0.6) is 0 Å². The zero-order chi connectivity index (χ0) is 21.2. The normalized spacial score (nSPS) is 12.9. The van der Waals surface area contributed by atoms with Crippen LogP contribution in [0, 0.1) is 0 Å². The van der Waals surface area contributed by atoms with Crippen molar-refractivity contribution in [1.82, 2.24) is 10.2 Å². The highest BCUT2D eigenvalue weighted by Crippen LogP contribution is 2.09. The molecule has 8 heteroatoms. The van der Waals surface area contributed by atoms with E-state index in [0.717, 1.165) is 5.56 Å². The van der Waals surface area contributed by atoms with E-state index in [0.29, 0.717) is 19.4 Å². The van der Waals surface area contributed by atoms with E-state index in [1.165, 1.54) is 4.90 Å². The third-order valence-corrected chi connectivity index (χ3v) is 3.47. The summed E-state index contributed by atoms with van der Waals surface area (Å²) >= 11 is 0. The molecule has 1 aromatic carbocycles. The highest BCUT2D eigenvalue weighted by Gasteiger charge is 2.28. The smallest absolute Gasteiger partial charge is 0.408 e. The van der Waals surface area contributed by atoms with Crippen LogP contribution in [0.15, 0.2) is 30.3 Å². The molecule has 1 heterocycles. The van der Waals surface area contributed by atoms with Crippen molar-refractivity contribution in [2.75, 3.05) is 13.1 Å². The number of nitrogens with one attached hydrogen (secondary N) is 1. The van der Waals surface area contributed by atoms with E-state index < -0.39 is 17.7 Å². The fourth-order valence-electron chi connectivity index (χ4n) is 2.02. The van der Waals surface area contributed by atoms with E-state index >= 15 is 0 Å². The average molecular weight is 394 g/mol. The van der Waals surface area contributed by atoms with Gasteiger partial charge in [-0.15, -0.1) is 0 Å². The van der Waals surface area contributed by atoms with Gasteiger partial charge in [0.05, 0.1) is 0 Å². The molecule has 1 aliphatic rings. The number of carbonyl (C=O) groups is 4. The Kier molecular flexibility index (Phi) is 9.14. The molecular weight excluding hydrogens is 364 g/mol. The van der Waals surface area contributed by atoms with Crippen LogP contribution in [-0.4, -0.2) is 47.5 Å². The molecule has 1 fully saturated rings. The predicted octanol–water partition coefficient (Wildman–Crippen LogP) is 2.66. The molecule has 28 heavy (non-hydrogen) atoms. The summed E-state index contributed by atoms with van der Waals surface area (Å²) in [5.74, 6) is -0.581. The molecule has 2 rings (SSSR count). The molecule has 0 radical (unpaired) electrons. The summed E-state index contributed by atoms with van der Waals surface area (Å²) in [6.45, 7) is 7.62. The summed E-state index contributed by atoms with van der Waals surface area (Å²) in [5.41, 5.74) is 0.311. The molecule has 0 saturated carbocycles. The summed E-state index contributed by atoms with van der Waals surface area (Å²) in [7, 11) is 0. The zero-order valence-corrected chi connectivity index (χ0v) is 16.8. The third kappa shape index (κ3) is 9.16. The number of β-lactam (4-membered cyclic amide) rings is 1. The fraction of sp³-hybridized carbons (Fsp3) is 0.500. The lowest BCUT2D eigenvalue weighted by atomic mass is 10.2. The molecule has 0 aromatic heterocycles. The van der Waals surface area contributed by atoms with Crippen molar-refractivity contribution < 1.29 is 30.1 Å². The van der Waals surface area contributed by atoms with Gasteiger partial charge in [-0.3, -0.25) is 19.3 Å². The molecule has 0 spiro atoms. The number of imide groups is 1. The van der Waals surface area contributed by atoms with Crippen LogP contribution in [0.2, 0.25) is 0 Å². The number of carbonyl (C=O) groups excluding carboxylic acids is 4. The molecule has 156 valence electrons. The van der Waals surface area contributed by atoms with Crippen molar-refractivity contribution in [3.63, 3.8) is 0 Å². The third-order valence-electron chi connectivity index (χ3n) is 3.47. The van der Waals surface area contributed by atoms with Crippen molar-refractivity contribution in [2.45, 2.75) is 52.7 Å². The standard InChI is InChI=1S/C14H19NO4.C6H9NO2.H2/c1-14(2,3)19-13(17)15-9-12(16)18-10-11-7-5-4-6-8-11;1-2-5(8)7-4-3-6(7)9;/h4-8H,9-10H2,1-3H3,(H,15,17);2-4H2,1H3;1H. The summed E-state index contributed by atoms with van der Waals surface area (Å²) < 4.78 is 9.99. The molecule has 8 nitrogen and oxygen atoms in total. The second kappa shape index (κ2) is 11.1. The van der Waals surface area contributed by atoms with Crippen molar-refractivity contribution in [3.8, 4) is 0 Å². The maximum Gasteiger partial charge on any atom is 0.408 e. The van der Waals surface area contributed by atoms with Gasteiger partial charge in [0.25, 0.3) is 0 Å². The minimum absolute atomic E-state index is 0. The van der Waals surface area contributed by atoms with Crippen LogP contribution >= 0.6 is 0 Å². The van der Waals surface area contributed by atoms with Crippen molar-refractivity contribution >= 4 is 23.9 Å². The maximum absolute atomic E-state index is 11.4. The van der Waals surface area contributed by atoms with Gasteiger partial charge < -0.3 is 14.8 Å². The Bertz CT molecular complexity index is 688. The molecule has 0 aliphatic carbocycles. The average Bonchev–Trinajstić information content (AvgIpc) is 2.63. The van der Waals surface area contributed by atoms with Crippen molar-refractivity contribution in [2.24, 2.45) is 0 Å². The van der Waals surface area contributed by atoms with Gasteiger partial charge >= 0.3 is 12.1 Å². The number of hydrogen-bond acceptors (Lipinski definition) is 6. The number of ether oxygens (including phenoxy) is 2. The first-order chi connectivity index (χ1) is 13.1. The summed E-state index contributed by atoms with van der Waals surface area (Å²) in [5, 5.41) is 2.34. The van der Waals surface area contributed by atoms with Crippen molar-refractivity contribution in [1.29, 1.82) is 0 Å². The topological polar surface area (TPSA) is 102 Å². The number of amides is 3. The molecular formula is C20H30N2O6. The van der Waals surface area contributed by atoms with Crippen LogP contribution in [-0.2, 0) is 30.5 Å². The van der Waals surface area contributed by atoms with Gasteiger partial charge in [-0.25, -0.2) is 4.79 Å². The van der Waals surface area contributed by atoms with E-state index in [1.807, 2.05) is 30.3 Å². The predicted molar refractivity (Wildman–Crippen MR) is 104 cm³/mol. The lowest BCUT2D eigenvalue weighted by Crippen LogP contribution is -2.47. The number of hydrogen-bond donors (Lipinski definition) is 1. The molecule has 1 N–H and O–H groups in total. The SMILES string of the molecule is CC(C)(C)OC(=O)NCC(=O)OCc1ccccc1.CCC(=O)N1CCC1=O.[HH]. The highest BCUT2D eigenvalue weighted by atomic mass is 16.6. The van der Waals surface area contributed by atoms with Crippen molar-refractivity contribution in [3.05, 3.63) is 35.9 Å². The van der Waals surface area contributed by atoms with Gasteiger partial charge in [-0.1, -0.05) is 37.3 Å². The maximum atomic E-state index is 11.4. The molecule has 1 saturated heterocycles. The second-order valence-corrected chi connectivity index (χ2v) is 7.04. The Balaban J connectivity index is 0.000000658. The summed E-state index contributed by atoms with van der Waals surface area (Å²) in [6.07, 6.45) is 0.349. The van der Waals surface area contributed by atoms with Gasteiger partial charge in [-0.2, -0.15) is 0 Å². The van der Waals surface area contributed by atoms with Gasteiger partial charge in [0.1, 0.15) is 18.8 Å². The number of likely N-dealkylation sites (tertiary alicyclic amines) is 1. The van der Waals surface area contributed by atoms with Crippen LogP contribution in [0.1, 0.15) is 47.5 Å². The quantitative estimate of drug-likeness (QED) is 0.608. The minimum Gasteiger partial charge on any atom is -0.460 e. The largest absolute Gasteiger partial charge is 0.460 e. The monoisotopic (exact) mass is 394 g/mol. The number of alkyl carbamates (subject to hydrolysis) is 1. The first-order valence-electron chi connectivity index (χ1n) is 9.12.